The van der Waals surface area contributed by atoms with E-state index < -0.39 is 0 Å². The number of ether oxygens (including phenoxy) is 1. The van der Waals surface area contributed by atoms with E-state index in [-0.39, 0.29) is 5.91 Å². The van der Waals surface area contributed by atoms with E-state index in [2.05, 4.69) is 33.2 Å². The van der Waals surface area contributed by atoms with Crippen LogP contribution in [-0.4, -0.2) is 40.7 Å². The number of carbonyl (C=O) groups excluding carboxylic acids is 1. The Balaban J connectivity index is 1.63. The molecular weight excluding hydrogens is 432 g/mol. The van der Waals surface area contributed by atoms with Gasteiger partial charge in [0.25, 0.3) is 5.91 Å². The molecule has 0 unspecified atom stereocenters. The van der Waals surface area contributed by atoms with E-state index in [1.807, 2.05) is 25.3 Å². The molecule has 7 heteroatoms. The predicted octanol–water partition coefficient (Wildman–Crippen LogP) is 5.64. The van der Waals surface area contributed by atoms with E-state index in [1.54, 1.807) is 18.4 Å². The van der Waals surface area contributed by atoms with Gasteiger partial charge in [0.2, 0.25) is 0 Å². The van der Waals surface area contributed by atoms with Gasteiger partial charge in [-0.3, -0.25) is 9.78 Å². The molecule has 33 heavy (non-hydrogen) atoms. The fraction of sp³-hybridized carbons (Fsp3) is 0.500. The molecule has 0 radical (unpaired) electrons. The van der Waals surface area contributed by atoms with E-state index in [0.717, 1.165) is 51.9 Å². The van der Waals surface area contributed by atoms with Crippen molar-refractivity contribution >= 4 is 17.2 Å². The third kappa shape index (κ3) is 5.71. The highest BCUT2D eigenvalue weighted by atomic mass is 32.1. The number of thiazole rings is 1. The minimum Gasteiger partial charge on any atom is -0.385 e. The van der Waals surface area contributed by atoms with Gasteiger partial charge in [0.15, 0.2) is 0 Å². The minimum absolute atomic E-state index is 0.0227. The number of hydrogen-bond acceptors (Lipinski definition) is 5. The van der Waals surface area contributed by atoms with Crippen molar-refractivity contribution in [3.05, 3.63) is 46.7 Å². The van der Waals surface area contributed by atoms with Gasteiger partial charge in [0.05, 0.1) is 17.0 Å². The van der Waals surface area contributed by atoms with Crippen molar-refractivity contribution in [2.45, 2.75) is 58.9 Å². The molecule has 0 aliphatic heterocycles. The predicted molar refractivity (Wildman–Crippen MR) is 134 cm³/mol. The van der Waals surface area contributed by atoms with Crippen molar-refractivity contribution in [3.8, 4) is 22.0 Å². The Morgan fingerprint density at radius 3 is 2.79 bits per heavy atom. The molecule has 1 amide bonds. The molecule has 176 valence electrons. The SMILES string of the molecule is COCCCNC(=O)c1cc(-c2csc(-c3ccc(C)nc3)n2)n(CC2CCCCC2)c1C. The largest absolute Gasteiger partial charge is 0.385 e. The molecule has 1 aliphatic carbocycles. The van der Waals surface area contributed by atoms with Crippen LogP contribution in [0.4, 0.5) is 0 Å². The number of nitrogens with one attached hydrogen (secondary N) is 1. The quantitative estimate of drug-likeness (QED) is 0.415. The Morgan fingerprint density at radius 1 is 1.24 bits per heavy atom. The smallest absolute Gasteiger partial charge is 0.253 e. The van der Waals surface area contributed by atoms with E-state index in [4.69, 9.17) is 9.72 Å². The Labute approximate surface area is 200 Å². The fourth-order valence-corrected chi connectivity index (χ4v) is 5.39. The number of carbonyl (C=O) groups is 1. The number of pyridine rings is 1. The average Bonchev–Trinajstić information content (AvgIpc) is 3.43. The number of rotatable bonds is 9. The van der Waals surface area contributed by atoms with Gasteiger partial charge in [-0.05, 0) is 57.2 Å². The molecule has 3 aromatic rings. The van der Waals surface area contributed by atoms with Crippen molar-refractivity contribution in [2.24, 2.45) is 5.92 Å². The number of hydrogen-bond donors (Lipinski definition) is 1. The second-order valence-electron chi connectivity index (χ2n) is 8.97. The lowest BCUT2D eigenvalue weighted by molar-refractivity contribution is 0.0948. The normalized spacial score (nSPS) is 14.5. The van der Waals surface area contributed by atoms with Crippen LogP contribution in [0.2, 0.25) is 0 Å². The Kier molecular flexibility index (Phi) is 7.93. The van der Waals surface area contributed by atoms with Crippen LogP contribution < -0.4 is 5.32 Å². The van der Waals surface area contributed by atoms with Gasteiger partial charge < -0.3 is 14.6 Å². The summed E-state index contributed by atoms with van der Waals surface area (Å²) in [6.07, 6.45) is 9.13. The molecule has 1 saturated carbocycles. The fourth-order valence-electron chi connectivity index (χ4n) is 4.58. The summed E-state index contributed by atoms with van der Waals surface area (Å²) in [4.78, 5) is 22.3. The lowest BCUT2D eigenvalue weighted by Crippen LogP contribution is -2.25. The van der Waals surface area contributed by atoms with Crippen LogP contribution in [0.5, 0.6) is 0 Å². The van der Waals surface area contributed by atoms with E-state index in [0.29, 0.717) is 19.1 Å². The summed E-state index contributed by atoms with van der Waals surface area (Å²) < 4.78 is 7.42. The molecule has 0 bridgehead atoms. The zero-order valence-electron chi connectivity index (χ0n) is 19.9. The monoisotopic (exact) mass is 466 g/mol. The highest BCUT2D eigenvalue weighted by Gasteiger charge is 2.23. The van der Waals surface area contributed by atoms with Crippen molar-refractivity contribution < 1.29 is 9.53 Å². The molecule has 3 heterocycles. The third-order valence-corrected chi connectivity index (χ3v) is 7.40. The maximum Gasteiger partial charge on any atom is 0.253 e. The molecule has 1 N–H and O–H groups in total. The van der Waals surface area contributed by atoms with Crippen LogP contribution in [-0.2, 0) is 11.3 Å². The van der Waals surface area contributed by atoms with Crippen molar-refractivity contribution in [1.29, 1.82) is 0 Å². The maximum atomic E-state index is 13.0. The topological polar surface area (TPSA) is 69.0 Å². The number of methoxy groups -OCH3 is 1. The second-order valence-corrected chi connectivity index (χ2v) is 9.83. The molecule has 4 rings (SSSR count). The van der Waals surface area contributed by atoms with Crippen molar-refractivity contribution in [2.75, 3.05) is 20.3 Å². The summed E-state index contributed by atoms with van der Waals surface area (Å²) >= 11 is 1.62. The molecule has 1 fully saturated rings. The van der Waals surface area contributed by atoms with Crippen LogP contribution in [0, 0.1) is 19.8 Å². The van der Waals surface area contributed by atoms with Gasteiger partial charge in [0, 0.05) is 55.3 Å². The Bertz CT molecular complexity index is 1060. The first-order valence-corrected chi connectivity index (χ1v) is 12.8. The van der Waals surface area contributed by atoms with Gasteiger partial charge in [0.1, 0.15) is 5.01 Å². The molecular formula is C26H34N4O2S. The molecule has 0 spiro atoms. The summed E-state index contributed by atoms with van der Waals surface area (Å²) in [5.41, 5.74) is 5.73. The summed E-state index contributed by atoms with van der Waals surface area (Å²) in [6, 6.07) is 6.10. The summed E-state index contributed by atoms with van der Waals surface area (Å²) in [7, 11) is 1.68. The highest BCUT2D eigenvalue weighted by molar-refractivity contribution is 7.13. The molecule has 0 saturated heterocycles. The van der Waals surface area contributed by atoms with Crippen LogP contribution in [0.15, 0.2) is 29.8 Å². The first kappa shape index (κ1) is 23.6. The van der Waals surface area contributed by atoms with Gasteiger partial charge in [-0.15, -0.1) is 11.3 Å². The summed E-state index contributed by atoms with van der Waals surface area (Å²) in [5.74, 6) is 0.631. The van der Waals surface area contributed by atoms with Gasteiger partial charge in [-0.2, -0.15) is 0 Å². The number of nitrogens with zero attached hydrogens (tertiary/aromatic N) is 3. The average molecular weight is 467 g/mol. The first-order valence-electron chi connectivity index (χ1n) is 11.9. The highest BCUT2D eigenvalue weighted by Crippen LogP contribution is 2.34. The maximum absolute atomic E-state index is 13.0. The Morgan fingerprint density at radius 2 is 2.06 bits per heavy atom. The van der Waals surface area contributed by atoms with Crippen molar-refractivity contribution in [3.63, 3.8) is 0 Å². The number of amides is 1. The standard InChI is InChI=1S/C26H34N4O2S/c1-18-10-11-21(15-28-18)26-29-23(17-33-26)24-14-22(25(31)27-12-7-13-32-3)19(2)30(24)16-20-8-5-4-6-9-20/h10-11,14-15,17,20H,4-9,12-13,16H2,1-3H3,(H,27,31). The minimum atomic E-state index is -0.0227. The summed E-state index contributed by atoms with van der Waals surface area (Å²) in [5, 5.41) is 6.10. The lowest BCUT2D eigenvalue weighted by atomic mass is 9.89. The first-order chi connectivity index (χ1) is 16.1. The molecule has 1 aliphatic rings. The lowest BCUT2D eigenvalue weighted by Gasteiger charge is -2.24. The molecule has 0 aromatic carbocycles. The zero-order valence-corrected chi connectivity index (χ0v) is 20.7. The molecule has 6 nitrogen and oxygen atoms in total. The van der Waals surface area contributed by atoms with Gasteiger partial charge in [-0.25, -0.2) is 4.98 Å². The van der Waals surface area contributed by atoms with Crippen LogP contribution in [0.1, 0.15) is 60.3 Å². The van der Waals surface area contributed by atoms with Gasteiger partial charge in [-0.1, -0.05) is 19.3 Å². The molecule has 0 atom stereocenters. The third-order valence-electron chi connectivity index (χ3n) is 6.51. The van der Waals surface area contributed by atoms with Crippen molar-refractivity contribution in [1.82, 2.24) is 19.9 Å². The number of aromatic nitrogens is 3. The summed E-state index contributed by atoms with van der Waals surface area (Å²) in [6.45, 7) is 6.24. The van der Waals surface area contributed by atoms with Crippen LogP contribution in [0.25, 0.3) is 22.0 Å². The molecule has 3 aromatic heterocycles. The number of aryl methyl sites for hydroxylation is 1. The van der Waals surface area contributed by atoms with E-state index in [9.17, 15) is 4.79 Å². The van der Waals surface area contributed by atoms with Crippen LogP contribution >= 0.6 is 11.3 Å². The van der Waals surface area contributed by atoms with Gasteiger partial charge >= 0.3 is 0 Å². The van der Waals surface area contributed by atoms with E-state index in [1.165, 1.54) is 32.1 Å². The van der Waals surface area contributed by atoms with Crippen LogP contribution in [0.3, 0.4) is 0 Å². The zero-order chi connectivity index (χ0) is 23.2. The van der Waals surface area contributed by atoms with E-state index >= 15 is 0 Å². The second kappa shape index (κ2) is 11.1. The Hall–Kier alpha value is -2.51.